The number of hydrogen-bond donors (Lipinski definition) is 1. The number of sulfonamides is 1. The largest absolute Gasteiger partial charge is 0.339 e. The Kier molecular flexibility index (Phi) is 6.45. The van der Waals surface area contributed by atoms with Crippen LogP contribution in [0.2, 0.25) is 0 Å². The molecule has 0 heterocycles. The molecule has 1 aliphatic rings. The van der Waals surface area contributed by atoms with E-state index in [0.29, 0.717) is 15.7 Å². The van der Waals surface area contributed by atoms with Gasteiger partial charge in [-0.05, 0) is 71.6 Å². The number of anilines is 1. The predicted molar refractivity (Wildman–Crippen MR) is 115 cm³/mol. The Morgan fingerprint density at radius 3 is 2.54 bits per heavy atom. The van der Waals surface area contributed by atoms with E-state index < -0.39 is 10.0 Å². The number of carbonyl (C=O) groups is 1. The summed E-state index contributed by atoms with van der Waals surface area (Å²) >= 11 is 3.37. The second-order valence-electron chi connectivity index (χ2n) is 7.32. The highest BCUT2D eigenvalue weighted by Gasteiger charge is 2.24. The molecule has 0 aliphatic heterocycles. The van der Waals surface area contributed by atoms with E-state index >= 15 is 0 Å². The van der Waals surface area contributed by atoms with Gasteiger partial charge in [-0.1, -0.05) is 31.4 Å². The highest BCUT2D eigenvalue weighted by atomic mass is 79.9. The number of halogens is 1. The van der Waals surface area contributed by atoms with Crippen molar-refractivity contribution in [3.05, 3.63) is 58.1 Å². The minimum atomic E-state index is -3.81. The van der Waals surface area contributed by atoms with Crippen LogP contribution in [-0.4, -0.2) is 32.3 Å². The molecule has 1 fully saturated rings. The Hall–Kier alpha value is -1.86. The molecule has 0 radical (unpaired) electrons. The van der Waals surface area contributed by atoms with Crippen molar-refractivity contribution in [1.82, 2.24) is 4.90 Å². The molecule has 3 rings (SSSR count). The fourth-order valence-corrected chi connectivity index (χ4v) is 5.15. The summed E-state index contributed by atoms with van der Waals surface area (Å²) in [5.74, 6) is -0.138. The molecule has 7 heteroatoms. The van der Waals surface area contributed by atoms with Gasteiger partial charge in [0.2, 0.25) is 0 Å². The van der Waals surface area contributed by atoms with Crippen LogP contribution in [0.25, 0.3) is 0 Å². The van der Waals surface area contributed by atoms with Gasteiger partial charge in [0.25, 0.3) is 15.9 Å². The maximum Gasteiger partial charge on any atom is 0.261 e. The smallest absolute Gasteiger partial charge is 0.261 e. The summed E-state index contributed by atoms with van der Waals surface area (Å²) in [5, 5.41) is 0. The number of carbonyl (C=O) groups excluding carboxylic acids is 1. The van der Waals surface area contributed by atoms with Gasteiger partial charge < -0.3 is 4.90 Å². The first-order valence-corrected chi connectivity index (χ1v) is 11.7. The van der Waals surface area contributed by atoms with E-state index in [0.717, 1.165) is 31.2 Å². The highest BCUT2D eigenvalue weighted by molar-refractivity contribution is 9.10. The quantitative estimate of drug-likeness (QED) is 0.679. The second-order valence-corrected chi connectivity index (χ2v) is 9.86. The minimum Gasteiger partial charge on any atom is -0.339 e. The van der Waals surface area contributed by atoms with Crippen LogP contribution in [0.4, 0.5) is 5.69 Å². The molecule has 0 aromatic heterocycles. The molecule has 0 atom stereocenters. The number of aryl methyl sites for hydroxylation is 1. The van der Waals surface area contributed by atoms with E-state index in [1.54, 1.807) is 29.2 Å². The first-order chi connectivity index (χ1) is 13.3. The first kappa shape index (κ1) is 20.9. The summed E-state index contributed by atoms with van der Waals surface area (Å²) in [6, 6.07) is 11.9. The number of rotatable bonds is 5. The van der Waals surface area contributed by atoms with Crippen molar-refractivity contribution in [1.29, 1.82) is 0 Å². The molecule has 150 valence electrons. The van der Waals surface area contributed by atoms with E-state index in [4.69, 9.17) is 0 Å². The zero-order chi connectivity index (χ0) is 20.3. The Bertz CT molecular complexity index is 969. The lowest BCUT2D eigenvalue weighted by atomic mass is 9.94. The van der Waals surface area contributed by atoms with E-state index in [2.05, 4.69) is 20.7 Å². The molecule has 1 aliphatic carbocycles. The summed E-state index contributed by atoms with van der Waals surface area (Å²) in [6.07, 6.45) is 5.48. The van der Waals surface area contributed by atoms with Gasteiger partial charge >= 0.3 is 0 Å². The third-order valence-corrected chi connectivity index (χ3v) is 7.25. The SMILES string of the molecule is Cc1ccc(Br)c(NS(=O)(=O)c2cccc(C(=O)N(C)C3CCCCC3)c2)c1. The van der Waals surface area contributed by atoms with Crippen molar-refractivity contribution in [2.45, 2.75) is 50.0 Å². The lowest BCUT2D eigenvalue weighted by molar-refractivity contribution is 0.0696. The normalized spacial score (nSPS) is 15.2. The number of hydrogen-bond acceptors (Lipinski definition) is 3. The number of benzene rings is 2. The molecule has 0 unspecified atom stereocenters. The van der Waals surface area contributed by atoms with Crippen LogP contribution >= 0.6 is 15.9 Å². The molecule has 2 aromatic carbocycles. The van der Waals surface area contributed by atoms with Crippen molar-refractivity contribution >= 4 is 37.5 Å². The van der Waals surface area contributed by atoms with Crippen molar-refractivity contribution in [2.24, 2.45) is 0 Å². The zero-order valence-corrected chi connectivity index (χ0v) is 18.5. The average molecular weight is 465 g/mol. The van der Waals surface area contributed by atoms with Crippen LogP contribution in [-0.2, 0) is 10.0 Å². The molecular weight excluding hydrogens is 440 g/mol. The van der Waals surface area contributed by atoms with Crippen molar-refractivity contribution < 1.29 is 13.2 Å². The van der Waals surface area contributed by atoms with Crippen LogP contribution in [0.3, 0.4) is 0 Å². The van der Waals surface area contributed by atoms with E-state index in [1.807, 2.05) is 20.0 Å². The van der Waals surface area contributed by atoms with Crippen LogP contribution in [0.5, 0.6) is 0 Å². The molecule has 0 spiro atoms. The van der Waals surface area contributed by atoms with Crippen LogP contribution in [0.15, 0.2) is 51.8 Å². The monoisotopic (exact) mass is 464 g/mol. The lowest BCUT2D eigenvalue weighted by Gasteiger charge is -2.31. The summed E-state index contributed by atoms with van der Waals surface area (Å²) < 4.78 is 29.0. The summed E-state index contributed by atoms with van der Waals surface area (Å²) in [6.45, 7) is 1.89. The molecule has 1 amide bonds. The Labute approximate surface area is 175 Å². The van der Waals surface area contributed by atoms with E-state index in [1.165, 1.54) is 18.6 Å². The molecule has 1 N–H and O–H groups in total. The summed E-state index contributed by atoms with van der Waals surface area (Å²) in [7, 11) is -2.00. The zero-order valence-electron chi connectivity index (χ0n) is 16.1. The number of amides is 1. The van der Waals surface area contributed by atoms with Gasteiger partial charge in [-0.2, -0.15) is 0 Å². The van der Waals surface area contributed by atoms with Gasteiger partial charge in [-0.3, -0.25) is 9.52 Å². The fourth-order valence-electron chi connectivity index (χ4n) is 3.56. The molecular formula is C21H25BrN2O3S. The molecule has 5 nitrogen and oxygen atoms in total. The Balaban J connectivity index is 1.83. The summed E-state index contributed by atoms with van der Waals surface area (Å²) in [4.78, 5) is 14.7. The third kappa shape index (κ3) is 4.75. The predicted octanol–water partition coefficient (Wildman–Crippen LogP) is 4.96. The first-order valence-electron chi connectivity index (χ1n) is 9.44. The molecule has 0 bridgehead atoms. The van der Waals surface area contributed by atoms with Gasteiger partial charge in [0.15, 0.2) is 0 Å². The number of nitrogens with one attached hydrogen (secondary N) is 1. The Morgan fingerprint density at radius 2 is 1.82 bits per heavy atom. The second kappa shape index (κ2) is 8.66. The van der Waals surface area contributed by atoms with Gasteiger partial charge in [0.1, 0.15) is 0 Å². The molecule has 28 heavy (non-hydrogen) atoms. The maximum absolute atomic E-state index is 12.9. The van der Waals surface area contributed by atoms with Gasteiger partial charge in [0.05, 0.1) is 10.6 Å². The van der Waals surface area contributed by atoms with Crippen LogP contribution < -0.4 is 4.72 Å². The topological polar surface area (TPSA) is 66.5 Å². The fraction of sp³-hybridized carbons (Fsp3) is 0.381. The Morgan fingerprint density at radius 1 is 1.11 bits per heavy atom. The lowest BCUT2D eigenvalue weighted by Crippen LogP contribution is -2.38. The molecule has 0 saturated heterocycles. The van der Waals surface area contributed by atoms with Crippen molar-refractivity contribution in [3.63, 3.8) is 0 Å². The number of nitrogens with zero attached hydrogens (tertiary/aromatic N) is 1. The van der Waals surface area contributed by atoms with Crippen LogP contribution in [0, 0.1) is 6.92 Å². The standard InChI is InChI=1S/C21H25BrN2O3S/c1-15-11-12-19(22)20(13-15)23-28(26,27)18-10-6-7-16(14-18)21(25)24(2)17-8-4-3-5-9-17/h6-7,10-14,17,23H,3-5,8-9H2,1-2H3. The van der Waals surface area contributed by atoms with Crippen LogP contribution in [0.1, 0.15) is 48.0 Å². The van der Waals surface area contributed by atoms with E-state index in [-0.39, 0.29) is 16.8 Å². The van der Waals surface area contributed by atoms with Crippen molar-refractivity contribution in [2.75, 3.05) is 11.8 Å². The summed E-state index contributed by atoms with van der Waals surface area (Å²) in [5.41, 5.74) is 1.80. The molecule has 2 aromatic rings. The minimum absolute atomic E-state index is 0.0730. The average Bonchev–Trinajstić information content (AvgIpc) is 2.70. The van der Waals surface area contributed by atoms with Gasteiger partial charge in [0, 0.05) is 23.1 Å². The maximum atomic E-state index is 12.9. The third-order valence-electron chi connectivity index (χ3n) is 5.20. The molecule has 1 saturated carbocycles. The van der Waals surface area contributed by atoms with Gasteiger partial charge in [-0.25, -0.2) is 8.42 Å². The van der Waals surface area contributed by atoms with Crippen molar-refractivity contribution in [3.8, 4) is 0 Å². The van der Waals surface area contributed by atoms with Gasteiger partial charge in [-0.15, -0.1) is 0 Å². The highest BCUT2D eigenvalue weighted by Crippen LogP contribution is 2.27. The van der Waals surface area contributed by atoms with E-state index in [9.17, 15) is 13.2 Å².